The molecule has 1 aromatic heterocycles. The number of hydrogen-bond donors (Lipinski definition) is 2. The molecule has 1 heterocycles. The molecule has 0 saturated heterocycles. The van der Waals surface area contributed by atoms with Gasteiger partial charge in [0.05, 0.1) is 17.4 Å². The van der Waals surface area contributed by atoms with Crippen LogP contribution in [0.3, 0.4) is 0 Å². The molecule has 2 rings (SSSR count). The summed E-state index contributed by atoms with van der Waals surface area (Å²) in [7, 11) is 0. The molecule has 1 amide bonds. The lowest BCUT2D eigenvalue weighted by Crippen LogP contribution is -2.14. The molecule has 2 aromatic rings. The van der Waals surface area contributed by atoms with Crippen molar-refractivity contribution in [3.8, 4) is 0 Å². The van der Waals surface area contributed by atoms with E-state index < -0.39 is 5.91 Å². The van der Waals surface area contributed by atoms with Crippen LogP contribution in [-0.2, 0) is 0 Å². The zero-order valence-electron chi connectivity index (χ0n) is 10.1. The van der Waals surface area contributed by atoms with E-state index in [1.165, 1.54) is 30.5 Å². The monoisotopic (exact) mass is 279 g/mol. The van der Waals surface area contributed by atoms with Crippen molar-refractivity contribution in [2.24, 2.45) is 0 Å². The number of benzene rings is 1. The fourth-order valence-electron chi connectivity index (χ4n) is 1.58. The molecule has 0 spiro atoms. The highest BCUT2D eigenvalue weighted by molar-refractivity contribution is 6.33. The normalized spacial score (nSPS) is 10.3. The van der Waals surface area contributed by atoms with Gasteiger partial charge in [-0.1, -0.05) is 11.6 Å². The Kier molecular flexibility index (Phi) is 3.66. The van der Waals surface area contributed by atoms with Gasteiger partial charge in [0.25, 0.3) is 5.91 Å². The molecule has 0 aliphatic carbocycles. The van der Waals surface area contributed by atoms with Crippen LogP contribution in [0.15, 0.2) is 30.5 Å². The van der Waals surface area contributed by atoms with Gasteiger partial charge in [0.1, 0.15) is 11.0 Å². The smallest absolute Gasteiger partial charge is 0.258 e. The SMILES string of the molecule is Cc1cc(F)ccc1NC(=O)c1cc(N)cnc1Cl. The van der Waals surface area contributed by atoms with Gasteiger partial charge in [-0.25, -0.2) is 9.37 Å². The lowest BCUT2D eigenvalue weighted by atomic mass is 10.2. The Hall–Kier alpha value is -2.14. The van der Waals surface area contributed by atoms with Crippen LogP contribution in [0.1, 0.15) is 15.9 Å². The maximum Gasteiger partial charge on any atom is 0.258 e. The van der Waals surface area contributed by atoms with E-state index in [9.17, 15) is 9.18 Å². The molecule has 0 atom stereocenters. The van der Waals surface area contributed by atoms with Gasteiger partial charge in [-0.3, -0.25) is 4.79 Å². The Labute approximate surface area is 114 Å². The van der Waals surface area contributed by atoms with E-state index in [0.717, 1.165) is 0 Å². The van der Waals surface area contributed by atoms with Crippen molar-refractivity contribution in [1.82, 2.24) is 4.98 Å². The van der Waals surface area contributed by atoms with Gasteiger partial charge in [0, 0.05) is 5.69 Å². The average molecular weight is 280 g/mol. The molecule has 0 saturated carbocycles. The minimum absolute atomic E-state index is 0.0615. The molecule has 1 aromatic carbocycles. The number of carbonyl (C=O) groups excluding carboxylic acids is 1. The summed E-state index contributed by atoms with van der Waals surface area (Å²) in [6.45, 7) is 1.69. The molecule has 0 bridgehead atoms. The van der Waals surface area contributed by atoms with E-state index in [2.05, 4.69) is 10.3 Å². The maximum atomic E-state index is 13.0. The number of pyridine rings is 1. The molecule has 0 aliphatic heterocycles. The molecule has 6 heteroatoms. The summed E-state index contributed by atoms with van der Waals surface area (Å²) in [6, 6.07) is 5.51. The minimum atomic E-state index is -0.445. The summed E-state index contributed by atoms with van der Waals surface area (Å²) in [5.74, 6) is -0.807. The predicted octanol–water partition coefficient (Wildman–Crippen LogP) is 3.02. The Bertz CT molecular complexity index is 646. The van der Waals surface area contributed by atoms with Crippen molar-refractivity contribution in [2.75, 3.05) is 11.1 Å². The van der Waals surface area contributed by atoms with Crippen molar-refractivity contribution in [3.63, 3.8) is 0 Å². The van der Waals surface area contributed by atoms with Gasteiger partial charge < -0.3 is 11.1 Å². The topological polar surface area (TPSA) is 68.0 Å². The number of nitrogens with zero attached hydrogens (tertiary/aromatic N) is 1. The highest BCUT2D eigenvalue weighted by Crippen LogP contribution is 2.20. The predicted molar refractivity (Wildman–Crippen MR) is 72.7 cm³/mol. The van der Waals surface area contributed by atoms with Gasteiger partial charge in [-0.15, -0.1) is 0 Å². The van der Waals surface area contributed by atoms with Crippen LogP contribution in [0.5, 0.6) is 0 Å². The van der Waals surface area contributed by atoms with Crippen LogP contribution < -0.4 is 11.1 Å². The van der Waals surface area contributed by atoms with Gasteiger partial charge in [-0.05, 0) is 36.8 Å². The number of hydrogen-bond acceptors (Lipinski definition) is 3. The summed E-state index contributed by atoms with van der Waals surface area (Å²) in [5.41, 5.74) is 7.18. The van der Waals surface area contributed by atoms with Gasteiger partial charge >= 0.3 is 0 Å². The Morgan fingerprint density at radius 3 is 2.84 bits per heavy atom. The van der Waals surface area contributed by atoms with Gasteiger partial charge in [-0.2, -0.15) is 0 Å². The fourth-order valence-corrected chi connectivity index (χ4v) is 1.77. The van der Waals surface area contributed by atoms with Crippen molar-refractivity contribution in [3.05, 3.63) is 52.6 Å². The third-order valence-corrected chi connectivity index (χ3v) is 2.84. The molecule has 0 aliphatic rings. The lowest BCUT2D eigenvalue weighted by Gasteiger charge is -2.09. The summed E-state index contributed by atoms with van der Waals surface area (Å²) in [4.78, 5) is 15.8. The Morgan fingerprint density at radius 2 is 2.16 bits per heavy atom. The highest BCUT2D eigenvalue weighted by atomic mass is 35.5. The molecule has 0 radical (unpaired) electrons. The third-order valence-electron chi connectivity index (χ3n) is 2.54. The standard InChI is InChI=1S/C13H11ClFN3O/c1-7-4-8(15)2-3-11(7)18-13(19)10-5-9(16)6-17-12(10)14/h2-6H,16H2,1H3,(H,18,19). The number of carbonyl (C=O) groups is 1. The number of nitrogens with one attached hydrogen (secondary N) is 1. The van der Waals surface area contributed by atoms with E-state index >= 15 is 0 Å². The first-order valence-electron chi connectivity index (χ1n) is 5.46. The number of halogens is 2. The first kappa shape index (κ1) is 13.3. The molecule has 4 nitrogen and oxygen atoms in total. The largest absolute Gasteiger partial charge is 0.397 e. The van der Waals surface area contributed by atoms with Crippen molar-refractivity contribution in [1.29, 1.82) is 0 Å². The van der Waals surface area contributed by atoms with E-state index in [0.29, 0.717) is 16.9 Å². The highest BCUT2D eigenvalue weighted by Gasteiger charge is 2.13. The summed E-state index contributed by atoms with van der Waals surface area (Å²) in [6.07, 6.45) is 1.36. The zero-order valence-corrected chi connectivity index (χ0v) is 10.8. The zero-order chi connectivity index (χ0) is 14.0. The summed E-state index contributed by atoms with van der Waals surface area (Å²) in [5, 5.41) is 2.70. The molecule has 98 valence electrons. The van der Waals surface area contributed by atoms with E-state index in [-0.39, 0.29) is 16.5 Å². The van der Waals surface area contributed by atoms with Crippen molar-refractivity contribution < 1.29 is 9.18 Å². The van der Waals surface area contributed by atoms with Gasteiger partial charge in [0.2, 0.25) is 0 Å². The number of aromatic nitrogens is 1. The first-order valence-corrected chi connectivity index (χ1v) is 5.83. The van der Waals surface area contributed by atoms with Crippen LogP contribution >= 0.6 is 11.6 Å². The molecule has 0 fully saturated rings. The van der Waals surface area contributed by atoms with E-state index in [4.69, 9.17) is 17.3 Å². The van der Waals surface area contributed by atoms with Gasteiger partial charge in [0.15, 0.2) is 0 Å². The number of anilines is 2. The van der Waals surface area contributed by atoms with Crippen molar-refractivity contribution >= 4 is 28.9 Å². The average Bonchev–Trinajstić information content (AvgIpc) is 2.35. The number of amides is 1. The maximum absolute atomic E-state index is 13.0. The minimum Gasteiger partial charge on any atom is -0.397 e. The van der Waals surface area contributed by atoms with Crippen LogP contribution in [0.4, 0.5) is 15.8 Å². The molecular formula is C13H11ClFN3O. The lowest BCUT2D eigenvalue weighted by molar-refractivity contribution is 0.102. The van der Waals surface area contributed by atoms with Crippen LogP contribution in [0.2, 0.25) is 5.15 Å². The summed E-state index contributed by atoms with van der Waals surface area (Å²) >= 11 is 5.83. The second-order valence-corrected chi connectivity index (χ2v) is 4.38. The van der Waals surface area contributed by atoms with Crippen molar-refractivity contribution in [2.45, 2.75) is 6.92 Å². The van der Waals surface area contributed by atoms with E-state index in [1.54, 1.807) is 6.92 Å². The van der Waals surface area contributed by atoms with Crippen LogP contribution in [0.25, 0.3) is 0 Å². The quantitative estimate of drug-likeness (QED) is 0.830. The first-order chi connectivity index (χ1) is 8.97. The molecule has 0 unspecified atom stereocenters. The van der Waals surface area contributed by atoms with Crippen LogP contribution in [-0.4, -0.2) is 10.9 Å². The number of aryl methyl sites for hydroxylation is 1. The number of nitrogens with two attached hydrogens (primary N) is 1. The fraction of sp³-hybridized carbons (Fsp3) is 0.0769. The second-order valence-electron chi connectivity index (χ2n) is 4.02. The third kappa shape index (κ3) is 3.00. The molecule has 3 N–H and O–H groups in total. The number of nitrogen functional groups attached to an aromatic ring is 1. The van der Waals surface area contributed by atoms with E-state index in [1.807, 2.05) is 0 Å². The molecular weight excluding hydrogens is 269 g/mol. The molecule has 19 heavy (non-hydrogen) atoms. The Morgan fingerprint density at radius 1 is 1.42 bits per heavy atom. The second kappa shape index (κ2) is 5.24. The van der Waals surface area contributed by atoms with Crippen LogP contribution in [0, 0.1) is 12.7 Å². The Balaban J connectivity index is 2.28. The number of rotatable bonds is 2. The summed E-state index contributed by atoms with van der Waals surface area (Å²) < 4.78 is 13.0.